The lowest BCUT2D eigenvalue weighted by molar-refractivity contribution is 0.407. The molecule has 0 spiro atoms. The van der Waals surface area contributed by atoms with Gasteiger partial charge in [-0.2, -0.15) is 0 Å². The topological polar surface area (TPSA) is 58.2 Å². The minimum absolute atomic E-state index is 0.0964. The number of benzene rings is 1. The molecule has 0 saturated carbocycles. The molecule has 0 atom stereocenters. The van der Waals surface area contributed by atoms with Crippen LogP contribution in [-0.4, -0.2) is 22.0 Å². The SMILES string of the molecule is CNCc1cc(Br)c(C)c(S(=O)(=O)NCC(C)(C)C)c1. The molecule has 0 saturated heterocycles. The summed E-state index contributed by atoms with van der Waals surface area (Å²) in [5.41, 5.74) is 1.56. The van der Waals surface area contributed by atoms with Crippen LogP contribution in [0.5, 0.6) is 0 Å². The molecule has 1 rings (SSSR count). The van der Waals surface area contributed by atoms with E-state index < -0.39 is 10.0 Å². The van der Waals surface area contributed by atoms with Crippen molar-refractivity contribution in [3.63, 3.8) is 0 Å². The maximum atomic E-state index is 12.5. The minimum atomic E-state index is -3.50. The fourth-order valence-corrected chi connectivity index (χ4v) is 3.92. The van der Waals surface area contributed by atoms with Crippen molar-refractivity contribution < 1.29 is 8.42 Å². The van der Waals surface area contributed by atoms with E-state index >= 15 is 0 Å². The highest BCUT2D eigenvalue weighted by Crippen LogP contribution is 2.26. The first-order valence-electron chi connectivity index (χ1n) is 6.50. The third-order valence-electron chi connectivity index (χ3n) is 2.82. The first-order valence-corrected chi connectivity index (χ1v) is 8.78. The second-order valence-corrected chi connectivity index (χ2v) is 8.71. The predicted octanol–water partition coefficient (Wildman–Crippen LogP) is 2.80. The third-order valence-corrected chi connectivity index (χ3v) is 5.17. The van der Waals surface area contributed by atoms with Crippen molar-refractivity contribution in [2.45, 2.75) is 39.1 Å². The van der Waals surface area contributed by atoms with Crippen LogP contribution < -0.4 is 10.0 Å². The second kappa shape index (κ2) is 6.56. The average molecular weight is 363 g/mol. The van der Waals surface area contributed by atoms with Crippen LogP contribution in [0.1, 0.15) is 31.9 Å². The molecule has 0 unspecified atom stereocenters. The van der Waals surface area contributed by atoms with Gasteiger partial charge in [0.05, 0.1) is 4.90 Å². The fourth-order valence-electron chi connectivity index (χ4n) is 1.68. The molecule has 1 aromatic carbocycles. The average Bonchev–Trinajstić information content (AvgIpc) is 2.30. The Morgan fingerprint density at radius 3 is 2.35 bits per heavy atom. The summed E-state index contributed by atoms with van der Waals surface area (Å²) in [6.45, 7) is 8.82. The van der Waals surface area contributed by atoms with E-state index in [1.54, 1.807) is 13.0 Å². The Labute approximate surface area is 130 Å². The molecule has 2 N–H and O–H groups in total. The molecular weight excluding hydrogens is 340 g/mol. The number of sulfonamides is 1. The zero-order valence-electron chi connectivity index (χ0n) is 12.7. The molecule has 0 amide bonds. The maximum Gasteiger partial charge on any atom is 0.240 e. The van der Waals surface area contributed by atoms with Gasteiger partial charge in [0.2, 0.25) is 10.0 Å². The molecule has 20 heavy (non-hydrogen) atoms. The summed E-state index contributed by atoms with van der Waals surface area (Å²) in [5, 5.41) is 3.03. The standard InChI is InChI=1S/C14H23BrN2O2S/c1-10-12(15)6-11(8-16-5)7-13(10)20(18,19)17-9-14(2,3)4/h6-7,16-17H,8-9H2,1-5H3. The highest BCUT2D eigenvalue weighted by molar-refractivity contribution is 9.10. The molecule has 0 aromatic heterocycles. The number of rotatable bonds is 5. The normalized spacial score (nSPS) is 12.7. The van der Waals surface area contributed by atoms with E-state index in [0.717, 1.165) is 15.6 Å². The van der Waals surface area contributed by atoms with Crippen molar-refractivity contribution in [3.05, 3.63) is 27.7 Å². The quantitative estimate of drug-likeness (QED) is 0.846. The van der Waals surface area contributed by atoms with Crippen LogP contribution >= 0.6 is 15.9 Å². The first-order chi connectivity index (χ1) is 9.07. The molecule has 114 valence electrons. The van der Waals surface area contributed by atoms with Crippen molar-refractivity contribution in [2.24, 2.45) is 5.41 Å². The molecule has 0 heterocycles. The van der Waals surface area contributed by atoms with E-state index in [4.69, 9.17) is 0 Å². The summed E-state index contributed by atoms with van der Waals surface area (Å²) in [5.74, 6) is 0. The van der Waals surface area contributed by atoms with Crippen molar-refractivity contribution in [2.75, 3.05) is 13.6 Å². The maximum absolute atomic E-state index is 12.5. The van der Waals surface area contributed by atoms with Crippen LogP contribution in [-0.2, 0) is 16.6 Å². The van der Waals surface area contributed by atoms with E-state index in [1.165, 1.54) is 0 Å². The number of nitrogens with one attached hydrogen (secondary N) is 2. The third kappa shape index (κ3) is 4.84. The molecule has 0 aliphatic heterocycles. The van der Waals surface area contributed by atoms with Gasteiger partial charge < -0.3 is 5.32 Å². The van der Waals surface area contributed by atoms with E-state index in [9.17, 15) is 8.42 Å². The van der Waals surface area contributed by atoms with Gasteiger partial charge >= 0.3 is 0 Å². The summed E-state index contributed by atoms with van der Waals surface area (Å²) in [6, 6.07) is 3.66. The van der Waals surface area contributed by atoms with Gasteiger partial charge in [-0.25, -0.2) is 13.1 Å². The van der Waals surface area contributed by atoms with Crippen molar-refractivity contribution in [1.82, 2.24) is 10.0 Å². The minimum Gasteiger partial charge on any atom is -0.316 e. The summed E-state index contributed by atoms with van der Waals surface area (Å²) in [4.78, 5) is 0.335. The van der Waals surface area contributed by atoms with E-state index in [2.05, 4.69) is 26.0 Å². The van der Waals surface area contributed by atoms with Crippen LogP contribution in [0.2, 0.25) is 0 Å². The molecule has 0 aliphatic rings. The molecule has 0 aliphatic carbocycles. The number of hydrogen-bond acceptors (Lipinski definition) is 3. The molecule has 4 nitrogen and oxygen atoms in total. The Kier molecular flexibility index (Phi) is 5.78. The molecule has 1 aromatic rings. The first kappa shape index (κ1) is 17.6. The van der Waals surface area contributed by atoms with Gasteiger partial charge in [-0.1, -0.05) is 36.7 Å². The zero-order valence-corrected chi connectivity index (χ0v) is 15.1. The summed E-state index contributed by atoms with van der Waals surface area (Å²) < 4.78 is 28.4. The Balaban J connectivity index is 3.17. The number of halogens is 1. The van der Waals surface area contributed by atoms with Crippen LogP contribution in [0.15, 0.2) is 21.5 Å². The largest absolute Gasteiger partial charge is 0.316 e. The Morgan fingerprint density at radius 1 is 1.25 bits per heavy atom. The van der Waals surface area contributed by atoms with Gasteiger partial charge in [0, 0.05) is 17.6 Å². The summed E-state index contributed by atoms with van der Waals surface area (Å²) >= 11 is 3.43. The smallest absolute Gasteiger partial charge is 0.240 e. The summed E-state index contributed by atoms with van der Waals surface area (Å²) in [7, 11) is -1.66. The van der Waals surface area contributed by atoms with Gasteiger partial charge in [-0.3, -0.25) is 0 Å². The van der Waals surface area contributed by atoms with Crippen molar-refractivity contribution in [3.8, 4) is 0 Å². The molecule has 0 radical (unpaired) electrons. The lowest BCUT2D eigenvalue weighted by Gasteiger charge is -2.20. The molecule has 6 heteroatoms. The predicted molar refractivity (Wildman–Crippen MR) is 86.3 cm³/mol. The highest BCUT2D eigenvalue weighted by Gasteiger charge is 2.21. The lowest BCUT2D eigenvalue weighted by Crippen LogP contribution is -2.32. The van der Waals surface area contributed by atoms with Crippen LogP contribution in [0.25, 0.3) is 0 Å². The van der Waals surface area contributed by atoms with Crippen LogP contribution in [0.4, 0.5) is 0 Å². The van der Waals surface area contributed by atoms with E-state index in [0.29, 0.717) is 18.0 Å². The van der Waals surface area contributed by atoms with Crippen molar-refractivity contribution >= 4 is 26.0 Å². The Bertz CT molecular complexity index is 578. The highest BCUT2D eigenvalue weighted by atomic mass is 79.9. The lowest BCUT2D eigenvalue weighted by atomic mass is 9.98. The van der Waals surface area contributed by atoms with Gasteiger partial charge in [-0.05, 0) is 42.6 Å². The number of hydrogen-bond donors (Lipinski definition) is 2. The van der Waals surface area contributed by atoms with Crippen LogP contribution in [0.3, 0.4) is 0 Å². The van der Waals surface area contributed by atoms with Gasteiger partial charge in [-0.15, -0.1) is 0 Å². The molecule has 0 bridgehead atoms. The second-order valence-electron chi connectivity index (χ2n) is 6.12. The van der Waals surface area contributed by atoms with Gasteiger partial charge in [0.25, 0.3) is 0 Å². The Hall–Kier alpha value is -0.430. The monoisotopic (exact) mass is 362 g/mol. The molecule has 0 fully saturated rings. The van der Waals surface area contributed by atoms with E-state index in [-0.39, 0.29) is 5.41 Å². The van der Waals surface area contributed by atoms with E-state index in [1.807, 2.05) is 33.9 Å². The van der Waals surface area contributed by atoms with Crippen molar-refractivity contribution in [1.29, 1.82) is 0 Å². The van der Waals surface area contributed by atoms with Gasteiger partial charge in [0.15, 0.2) is 0 Å². The van der Waals surface area contributed by atoms with Crippen LogP contribution in [0, 0.1) is 12.3 Å². The van der Waals surface area contributed by atoms with Gasteiger partial charge in [0.1, 0.15) is 0 Å². The Morgan fingerprint density at radius 2 is 1.85 bits per heavy atom. The fraction of sp³-hybridized carbons (Fsp3) is 0.571. The zero-order chi connectivity index (χ0) is 15.6. The summed E-state index contributed by atoms with van der Waals surface area (Å²) in [6.07, 6.45) is 0. The molecular formula is C14H23BrN2O2S.